The molecule has 0 aromatic heterocycles. The molecule has 0 spiro atoms. The number of hydrogen-bond acceptors (Lipinski definition) is 4. The fourth-order valence-corrected chi connectivity index (χ4v) is 2.50. The van der Waals surface area contributed by atoms with Crippen molar-refractivity contribution in [3.63, 3.8) is 0 Å². The first kappa shape index (κ1) is 13.2. The van der Waals surface area contributed by atoms with Crippen LogP contribution >= 0.6 is 0 Å². The molecule has 0 amide bonds. The third kappa shape index (κ3) is 2.76. The summed E-state index contributed by atoms with van der Waals surface area (Å²) in [5, 5.41) is 6.91. The van der Waals surface area contributed by atoms with E-state index in [4.69, 9.17) is 9.47 Å². The van der Waals surface area contributed by atoms with Crippen molar-refractivity contribution in [2.24, 2.45) is 0 Å². The Kier molecular flexibility index (Phi) is 4.44. The van der Waals surface area contributed by atoms with Gasteiger partial charge in [0.2, 0.25) is 0 Å². The molecule has 18 heavy (non-hydrogen) atoms. The molecule has 0 aliphatic carbocycles. The van der Waals surface area contributed by atoms with Gasteiger partial charge < -0.3 is 20.1 Å². The van der Waals surface area contributed by atoms with E-state index in [9.17, 15) is 0 Å². The Morgan fingerprint density at radius 2 is 2.00 bits per heavy atom. The Labute approximate surface area is 109 Å². The van der Waals surface area contributed by atoms with Crippen LogP contribution in [0.3, 0.4) is 0 Å². The quantitative estimate of drug-likeness (QED) is 0.854. The molecule has 1 aromatic carbocycles. The van der Waals surface area contributed by atoms with Gasteiger partial charge in [0.25, 0.3) is 0 Å². The topological polar surface area (TPSA) is 42.5 Å². The first-order valence-corrected chi connectivity index (χ1v) is 6.41. The Hall–Kier alpha value is -1.26. The van der Waals surface area contributed by atoms with Gasteiger partial charge in [-0.1, -0.05) is 6.07 Å². The highest BCUT2D eigenvalue weighted by molar-refractivity contribution is 5.43. The minimum Gasteiger partial charge on any atom is -0.493 e. The smallest absolute Gasteiger partial charge is 0.161 e. The normalized spacial score (nSPS) is 23.7. The molecule has 0 radical (unpaired) electrons. The lowest BCUT2D eigenvalue weighted by Gasteiger charge is -2.30. The van der Waals surface area contributed by atoms with E-state index in [1.165, 1.54) is 12.0 Å². The molecule has 1 aliphatic rings. The first-order valence-electron chi connectivity index (χ1n) is 6.41. The van der Waals surface area contributed by atoms with Gasteiger partial charge in [-0.3, -0.25) is 0 Å². The molecule has 4 heteroatoms. The highest BCUT2D eigenvalue weighted by Gasteiger charge is 2.22. The molecule has 4 nitrogen and oxygen atoms in total. The van der Waals surface area contributed by atoms with Gasteiger partial charge in [0.05, 0.1) is 14.2 Å². The van der Waals surface area contributed by atoms with Crippen molar-refractivity contribution in [1.82, 2.24) is 10.6 Å². The molecule has 0 saturated carbocycles. The molecule has 1 fully saturated rings. The van der Waals surface area contributed by atoms with Crippen molar-refractivity contribution in [2.45, 2.75) is 24.9 Å². The van der Waals surface area contributed by atoms with Crippen LogP contribution in [0.1, 0.15) is 24.4 Å². The van der Waals surface area contributed by atoms with E-state index in [0.29, 0.717) is 12.1 Å². The predicted octanol–water partition coefficient (Wildman–Crippen LogP) is 1.72. The fraction of sp³-hybridized carbons (Fsp3) is 0.571. The molecule has 0 bridgehead atoms. The Morgan fingerprint density at radius 1 is 1.22 bits per heavy atom. The summed E-state index contributed by atoms with van der Waals surface area (Å²) in [5.74, 6) is 1.57. The number of piperidine rings is 1. The van der Waals surface area contributed by atoms with Gasteiger partial charge in [0.1, 0.15) is 0 Å². The molecule has 2 rings (SSSR count). The van der Waals surface area contributed by atoms with Crippen LogP contribution in [-0.4, -0.2) is 33.9 Å². The fourth-order valence-electron chi connectivity index (χ4n) is 2.50. The third-order valence-electron chi connectivity index (χ3n) is 3.62. The van der Waals surface area contributed by atoms with Gasteiger partial charge in [-0.05, 0) is 44.1 Å². The molecule has 1 heterocycles. The van der Waals surface area contributed by atoms with Crippen molar-refractivity contribution in [3.05, 3.63) is 23.8 Å². The lowest BCUT2D eigenvalue weighted by atomic mass is 9.93. The molecule has 100 valence electrons. The summed E-state index contributed by atoms with van der Waals surface area (Å²) in [6.07, 6.45) is 2.28. The van der Waals surface area contributed by atoms with Gasteiger partial charge in [-0.25, -0.2) is 0 Å². The first-order chi connectivity index (χ1) is 8.78. The van der Waals surface area contributed by atoms with Crippen LogP contribution in [0.5, 0.6) is 11.5 Å². The van der Waals surface area contributed by atoms with E-state index >= 15 is 0 Å². The van der Waals surface area contributed by atoms with E-state index in [1.807, 2.05) is 13.1 Å². The van der Waals surface area contributed by atoms with Gasteiger partial charge in [0, 0.05) is 12.1 Å². The predicted molar refractivity (Wildman–Crippen MR) is 72.4 cm³/mol. The van der Waals surface area contributed by atoms with Crippen LogP contribution in [0.4, 0.5) is 0 Å². The largest absolute Gasteiger partial charge is 0.493 e. The van der Waals surface area contributed by atoms with E-state index in [0.717, 1.165) is 24.5 Å². The average Bonchev–Trinajstić information content (AvgIpc) is 2.46. The molecule has 1 aliphatic heterocycles. The van der Waals surface area contributed by atoms with E-state index in [1.54, 1.807) is 14.2 Å². The van der Waals surface area contributed by atoms with E-state index < -0.39 is 0 Å². The average molecular weight is 250 g/mol. The molecule has 2 N–H and O–H groups in total. The maximum atomic E-state index is 5.35. The van der Waals surface area contributed by atoms with Crippen LogP contribution in [0.25, 0.3) is 0 Å². The van der Waals surface area contributed by atoms with Gasteiger partial charge in [-0.15, -0.1) is 0 Å². The van der Waals surface area contributed by atoms with Gasteiger partial charge in [0.15, 0.2) is 11.5 Å². The minimum atomic E-state index is 0.385. The minimum absolute atomic E-state index is 0.385. The second kappa shape index (κ2) is 6.07. The summed E-state index contributed by atoms with van der Waals surface area (Å²) >= 11 is 0. The van der Waals surface area contributed by atoms with Crippen molar-refractivity contribution >= 4 is 0 Å². The number of hydrogen-bond donors (Lipinski definition) is 2. The summed E-state index contributed by atoms with van der Waals surface area (Å²) < 4.78 is 10.6. The SMILES string of the molecule is CNC1CCNC(c2ccc(OC)c(OC)c2)C1. The molecule has 2 unspecified atom stereocenters. The summed E-state index contributed by atoms with van der Waals surface area (Å²) in [7, 11) is 5.36. The summed E-state index contributed by atoms with van der Waals surface area (Å²) in [6.45, 7) is 1.05. The molecular formula is C14H22N2O2. The molecule has 1 aromatic rings. The maximum Gasteiger partial charge on any atom is 0.161 e. The van der Waals surface area contributed by atoms with Crippen molar-refractivity contribution in [3.8, 4) is 11.5 Å². The maximum absolute atomic E-state index is 5.35. The van der Waals surface area contributed by atoms with Crippen molar-refractivity contribution in [2.75, 3.05) is 27.8 Å². The number of ether oxygens (including phenoxy) is 2. The van der Waals surface area contributed by atoms with Gasteiger partial charge >= 0.3 is 0 Å². The van der Waals surface area contributed by atoms with Crippen molar-refractivity contribution < 1.29 is 9.47 Å². The molecule has 2 atom stereocenters. The Morgan fingerprint density at radius 3 is 2.67 bits per heavy atom. The second-order valence-corrected chi connectivity index (χ2v) is 4.63. The standard InChI is InChI=1S/C14H22N2O2/c1-15-11-6-7-16-12(9-11)10-4-5-13(17-2)14(8-10)18-3/h4-5,8,11-12,15-16H,6-7,9H2,1-3H3. The summed E-state index contributed by atoms with van der Waals surface area (Å²) in [6, 6.07) is 7.12. The number of rotatable bonds is 4. The highest BCUT2D eigenvalue weighted by atomic mass is 16.5. The second-order valence-electron chi connectivity index (χ2n) is 4.63. The summed E-state index contributed by atoms with van der Waals surface area (Å²) in [5.41, 5.74) is 1.26. The van der Waals surface area contributed by atoms with Crippen LogP contribution in [0, 0.1) is 0 Å². The third-order valence-corrected chi connectivity index (χ3v) is 3.62. The molecule has 1 saturated heterocycles. The van der Waals surface area contributed by atoms with Crippen LogP contribution in [0.2, 0.25) is 0 Å². The Balaban J connectivity index is 2.17. The zero-order valence-electron chi connectivity index (χ0n) is 11.3. The van der Waals surface area contributed by atoms with Crippen LogP contribution < -0.4 is 20.1 Å². The monoisotopic (exact) mass is 250 g/mol. The van der Waals surface area contributed by atoms with Crippen LogP contribution in [-0.2, 0) is 0 Å². The lowest BCUT2D eigenvalue weighted by molar-refractivity contribution is 0.332. The number of benzene rings is 1. The summed E-state index contributed by atoms with van der Waals surface area (Å²) in [4.78, 5) is 0. The Bertz CT molecular complexity index is 395. The zero-order chi connectivity index (χ0) is 13.0. The van der Waals surface area contributed by atoms with Crippen LogP contribution in [0.15, 0.2) is 18.2 Å². The van der Waals surface area contributed by atoms with E-state index in [2.05, 4.69) is 22.8 Å². The van der Waals surface area contributed by atoms with Gasteiger partial charge in [-0.2, -0.15) is 0 Å². The highest BCUT2D eigenvalue weighted by Crippen LogP contribution is 2.32. The van der Waals surface area contributed by atoms with E-state index in [-0.39, 0.29) is 0 Å². The molecular weight excluding hydrogens is 228 g/mol. The number of nitrogens with one attached hydrogen (secondary N) is 2. The van der Waals surface area contributed by atoms with Crippen molar-refractivity contribution in [1.29, 1.82) is 0 Å². The number of methoxy groups -OCH3 is 2. The zero-order valence-corrected chi connectivity index (χ0v) is 11.3. The lowest BCUT2D eigenvalue weighted by Crippen LogP contribution is -2.40.